The summed E-state index contributed by atoms with van der Waals surface area (Å²) in [5.74, 6) is 0.133. The number of hydrogen-bond donors (Lipinski definition) is 0. The fourth-order valence-electron chi connectivity index (χ4n) is 1.54. The molecule has 0 bridgehead atoms. The summed E-state index contributed by atoms with van der Waals surface area (Å²) in [6, 6.07) is 7.64. The van der Waals surface area contributed by atoms with Gasteiger partial charge in [0, 0.05) is 26.2 Å². The average Bonchev–Trinajstić information content (AvgIpc) is 2.21. The van der Waals surface area contributed by atoms with E-state index >= 15 is 0 Å². The van der Waals surface area contributed by atoms with Gasteiger partial charge < -0.3 is 9.47 Å². The van der Waals surface area contributed by atoms with Gasteiger partial charge in [-0.25, -0.2) is 0 Å². The lowest BCUT2D eigenvalue weighted by molar-refractivity contribution is -0.116. The highest BCUT2D eigenvalue weighted by atomic mass is 16.7. The maximum atomic E-state index is 11.1. The standard InChI is InChI=1S/C12H16O3/c1-9(13)8-10-6-4-5-7-11(10)12(14-2)15-3/h4-7,12H,8H2,1-3H3. The second-order valence-corrected chi connectivity index (χ2v) is 3.38. The molecule has 1 rings (SSSR count). The van der Waals surface area contributed by atoms with Crippen LogP contribution in [0.2, 0.25) is 0 Å². The van der Waals surface area contributed by atoms with Gasteiger partial charge in [-0.2, -0.15) is 0 Å². The molecule has 3 nitrogen and oxygen atoms in total. The first-order valence-corrected chi connectivity index (χ1v) is 4.82. The monoisotopic (exact) mass is 208 g/mol. The minimum atomic E-state index is -0.402. The van der Waals surface area contributed by atoms with Crippen molar-refractivity contribution in [3.8, 4) is 0 Å². The van der Waals surface area contributed by atoms with Crippen molar-refractivity contribution in [1.82, 2.24) is 0 Å². The van der Waals surface area contributed by atoms with Crippen molar-refractivity contribution < 1.29 is 14.3 Å². The summed E-state index contributed by atoms with van der Waals surface area (Å²) in [7, 11) is 3.16. The number of carbonyl (C=O) groups is 1. The summed E-state index contributed by atoms with van der Waals surface area (Å²) in [5, 5.41) is 0. The predicted octanol–water partition coefficient (Wildman–Crippen LogP) is 2.11. The van der Waals surface area contributed by atoms with Crippen LogP contribution in [-0.4, -0.2) is 20.0 Å². The van der Waals surface area contributed by atoms with E-state index in [0.717, 1.165) is 11.1 Å². The van der Waals surface area contributed by atoms with Gasteiger partial charge in [0.25, 0.3) is 0 Å². The van der Waals surface area contributed by atoms with Crippen LogP contribution in [-0.2, 0) is 20.7 Å². The molecule has 0 aliphatic heterocycles. The second-order valence-electron chi connectivity index (χ2n) is 3.38. The summed E-state index contributed by atoms with van der Waals surface area (Å²) in [4.78, 5) is 11.1. The topological polar surface area (TPSA) is 35.5 Å². The molecule has 15 heavy (non-hydrogen) atoms. The highest BCUT2D eigenvalue weighted by molar-refractivity contribution is 5.78. The molecule has 0 unspecified atom stereocenters. The average molecular weight is 208 g/mol. The summed E-state index contributed by atoms with van der Waals surface area (Å²) in [6.45, 7) is 1.57. The van der Waals surface area contributed by atoms with Crippen molar-refractivity contribution in [1.29, 1.82) is 0 Å². The first kappa shape index (κ1) is 11.9. The molecule has 0 spiro atoms. The number of ether oxygens (including phenoxy) is 2. The molecule has 3 heteroatoms. The van der Waals surface area contributed by atoms with Gasteiger partial charge in [-0.15, -0.1) is 0 Å². The molecule has 0 fully saturated rings. The molecule has 1 aromatic carbocycles. The number of ketones is 1. The Hall–Kier alpha value is -1.19. The lowest BCUT2D eigenvalue weighted by Gasteiger charge is -2.16. The van der Waals surface area contributed by atoms with Crippen molar-refractivity contribution in [2.45, 2.75) is 19.6 Å². The first-order chi connectivity index (χ1) is 7.19. The molecule has 82 valence electrons. The van der Waals surface area contributed by atoms with Gasteiger partial charge in [0.1, 0.15) is 5.78 Å². The van der Waals surface area contributed by atoms with Gasteiger partial charge in [0.05, 0.1) is 0 Å². The van der Waals surface area contributed by atoms with Gasteiger partial charge in [-0.05, 0) is 12.5 Å². The number of hydrogen-bond acceptors (Lipinski definition) is 3. The predicted molar refractivity (Wildman–Crippen MR) is 57.6 cm³/mol. The van der Waals surface area contributed by atoms with Crippen LogP contribution < -0.4 is 0 Å². The fourth-order valence-corrected chi connectivity index (χ4v) is 1.54. The van der Waals surface area contributed by atoms with E-state index in [2.05, 4.69) is 0 Å². The van der Waals surface area contributed by atoms with Crippen LogP contribution >= 0.6 is 0 Å². The highest BCUT2D eigenvalue weighted by Gasteiger charge is 2.13. The first-order valence-electron chi connectivity index (χ1n) is 4.82. The lowest BCUT2D eigenvalue weighted by atomic mass is 10.0. The zero-order valence-electron chi connectivity index (χ0n) is 9.32. The van der Waals surface area contributed by atoms with Gasteiger partial charge in [0.2, 0.25) is 0 Å². The number of carbonyl (C=O) groups excluding carboxylic acids is 1. The Balaban J connectivity index is 2.99. The van der Waals surface area contributed by atoms with E-state index in [-0.39, 0.29) is 5.78 Å². The van der Waals surface area contributed by atoms with Crippen molar-refractivity contribution in [2.75, 3.05) is 14.2 Å². The van der Waals surface area contributed by atoms with E-state index < -0.39 is 6.29 Å². The third kappa shape index (κ3) is 3.15. The zero-order chi connectivity index (χ0) is 11.3. The molecule has 1 aromatic rings. The molecule has 0 aromatic heterocycles. The Kier molecular flexibility index (Phi) is 4.46. The second kappa shape index (κ2) is 5.63. The van der Waals surface area contributed by atoms with E-state index in [1.54, 1.807) is 21.1 Å². The van der Waals surface area contributed by atoms with Crippen LogP contribution in [0.5, 0.6) is 0 Å². The third-order valence-corrected chi connectivity index (χ3v) is 2.18. The molecule has 0 amide bonds. The van der Waals surface area contributed by atoms with Crippen molar-refractivity contribution in [3.05, 3.63) is 35.4 Å². The molecule has 0 atom stereocenters. The van der Waals surface area contributed by atoms with Gasteiger partial charge >= 0.3 is 0 Å². The minimum Gasteiger partial charge on any atom is -0.352 e. The Morgan fingerprint density at radius 3 is 2.40 bits per heavy atom. The Labute approximate surface area is 90.0 Å². The summed E-state index contributed by atoms with van der Waals surface area (Å²) in [5.41, 5.74) is 1.87. The molecule has 0 saturated heterocycles. The largest absolute Gasteiger partial charge is 0.352 e. The van der Waals surface area contributed by atoms with Gasteiger partial charge in [-0.3, -0.25) is 4.79 Å². The smallest absolute Gasteiger partial charge is 0.183 e. The summed E-state index contributed by atoms with van der Waals surface area (Å²) >= 11 is 0. The number of methoxy groups -OCH3 is 2. The van der Waals surface area contributed by atoms with Crippen LogP contribution in [0.1, 0.15) is 24.3 Å². The third-order valence-electron chi connectivity index (χ3n) is 2.18. The van der Waals surface area contributed by atoms with Crippen LogP contribution in [0.4, 0.5) is 0 Å². The minimum absolute atomic E-state index is 0.133. The molecule has 0 saturated carbocycles. The van der Waals surface area contributed by atoms with Crippen LogP contribution in [0.25, 0.3) is 0 Å². The van der Waals surface area contributed by atoms with Crippen molar-refractivity contribution in [2.24, 2.45) is 0 Å². The Morgan fingerprint density at radius 2 is 1.87 bits per heavy atom. The summed E-state index contributed by atoms with van der Waals surface area (Å²) in [6.07, 6.45) is 0.0138. The Morgan fingerprint density at radius 1 is 1.27 bits per heavy atom. The molecule has 0 aliphatic carbocycles. The Bertz CT molecular complexity index is 329. The van der Waals surface area contributed by atoms with E-state index in [1.807, 2.05) is 24.3 Å². The molecule has 0 radical (unpaired) electrons. The normalized spacial score (nSPS) is 10.7. The molecular weight excluding hydrogens is 192 g/mol. The molecular formula is C12H16O3. The quantitative estimate of drug-likeness (QED) is 0.695. The SMILES string of the molecule is COC(OC)c1ccccc1CC(C)=O. The van der Waals surface area contributed by atoms with Crippen LogP contribution in [0, 0.1) is 0 Å². The number of rotatable bonds is 5. The van der Waals surface area contributed by atoms with Crippen molar-refractivity contribution >= 4 is 5.78 Å². The van der Waals surface area contributed by atoms with E-state index in [4.69, 9.17) is 9.47 Å². The van der Waals surface area contributed by atoms with Crippen LogP contribution in [0.15, 0.2) is 24.3 Å². The fraction of sp³-hybridized carbons (Fsp3) is 0.417. The van der Waals surface area contributed by atoms with Gasteiger partial charge in [-0.1, -0.05) is 24.3 Å². The van der Waals surface area contributed by atoms with E-state index in [1.165, 1.54) is 0 Å². The highest BCUT2D eigenvalue weighted by Crippen LogP contribution is 2.21. The van der Waals surface area contributed by atoms with Gasteiger partial charge in [0.15, 0.2) is 6.29 Å². The number of Topliss-reactive ketones (excluding diaryl/α,β-unsaturated/α-hetero) is 1. The zero-order valence-corrected chi connectivity index (χ0v) is 9.32. The van der Waals surface area contributed by atoms with E-state index in [9.17, 15) is 4.79 Å². The lowest BCUT2D eigenvalue weighted by Crippen LogP contribution is -2.09. The molecule has 0 heterocycles. The maximum Gasteiger partial charge on any atom is 0.183 e. The number of benzene rings is 1. The summed E-state index contributed by atoms with van der Waals surface area (Å²) < 4.78 is 10.3. The molecule has 0 aliphatic rings. The molecule has 0 N–H and O–H groups in total. The van der Waals surface area contributed by atoms with Crippen molar-refractivity contribution in [3.63, 3.8) is 0 Å². The maximum absolute atomic E-state index is 11.1. The van der Waals surface area contributed by atoms with E-state index in [0.29, 0.717) is 6.42 Å². The van der Waals surface area contributed by atoms with Crippen LogP contribution in [0.3, 0.4) is 0 Å².